The lowest BCUT2D eigenvalue weighted by Gasteiger charge is -2.38. The fourth-order valence-electron chi connectivity index (χ4n) is 7.76. The van der Waals surface area contributed by atoms with Gasteiger partial charge in [-0.3, -0.25) is 0 Å². The van der Waals surface area contributed by atoms with Crippen LogP contribution in [0.15, 0.2) is 60.7 Å². The molecular formula is C31H42. The van der Waals surface area contributed by atoms with Crippen molar-refractivity contribution in [1.29, 1.82) is 0 Å². The maximum absolute atomic E-state index is 4.83. The van der Waals surface area contributed by atoms with Crippen LogP contribution in [0.25, 0.3) is 0 Å². The maximum atomic E-state index is 4.83. The minimum Gasteiger partial charge on any atom is -0.0993 e. The fourth-order valence-corrected chi connectivity index (χ4v) is 7.76. The third kappa shape index (κ3) is 3.59. The van der Waals surface area contributed by atoms with Gasteiger partial charge in [-0.1, -0.05) is 88.8 Å². The van der Waals surface area contributed by atoms with Crippen molar-refractivity contribution in [3.63, 3.8) is 0 Å². The van der Waals surface area contributed by atoms with E-state index in [1.54, 1.807) is 16.7 Å². The molecule has 0 heterocycles. The molecule has 0 bridgehead atoms. The van der Waals surface area contributed by atoms with E-state index in [1.165, 1.54) is 49.7 Å². The van der Waals surface area contributed by atoms with Crippen LogP contribution in [0.2, 0.25) is 0 Å². The summed E-state index contributed by atoms with van der Waals surface area (Å²) in [6, 6.07) is 9.08. The number of allylic oxidation sites excluding steroid dienone is 3. The van der Waals surface area contributed by atoms with Gasteiger partial charge in [0.15, 0.2) is 0 Å². The normalized spacial score (nSPS) is 32.8. The fraction of sp³-hybridized carbons (Fsp3) is 0.613. The number of fused-ring (bicyclic) bond motifs is 2. The Kier molecular flexibility index (Phi) is 5.15. The Morgan fingerprint density at radius 3 is 2.23 bits per heavy atom. The van der Waals surface area contributed by atoms with Gasteiger partial charge in [-0.25, -0.2) is 0 Å². The average molecular weight is 415 g/mol. The minimum atomic E-state index is 0.505. The van der Waals surface area contributed by atoms with Crippen LogP contribution in [0, 0.1) is 52.8 Å². The molecule has 0 saturated heterocycles. The molecule has 1 aromatic carbocycles. The summed E-state index contributed by atoms with van der Waals surface area (Å²) >= 11 is 0. The van der Waals surface area contributed by atoms with Crippen LogP contribution < -0.4 is 0 Å². The van der Waals surface area contributed by atoms with E-state index in [0.29, 0.717) is 23.2 Å². The van der Waals surface area contributed by atoms with Crippen molar-refractivity contribution in [2.24, 2.45) is 52.8 Å². The predicted molar refractivity (Wildman–Crippen MR) is 133 cm³/mol. The van der Waals surface area contributed by atoms with Gasteiger partial charge in [-0.2, -0.15) is 0 Å². The Labute approximate surface area is 190 Å². The van der Waals surface area contributed by atoms with E-state index in [2.05, 4.69) is 65.1 Å². The van der Waals surface area contributed by atoms with Gasteiger partial charge < -0.3 is 0 Å². The van der Waals surface area contributed by atoms with Gasteiger partial charge >= 0.3 is 0 Å². The summed E-state index contributed by atoms with van der Waals surface area (Å²) in [6.45, 7) is 23.4. The Morgan fingerprint density at radius 1 is 1.06 bits per heavy atom. The molecule has 166 valence electrons. The van der Waals surface area contributed by atoms with Gasteiger partial charge in [0.05, 0.1) is 0 Å². The van der Waals surface area contributed by atoms with E-state index in [1.807, 2.05) is 0 Å². The lowest BCUT2D eigenvalue weighted by molar-refractivity contribution is 0.205. The van der Waals surface area contributed by atoms with Crippen LogP contribution in [-0.2, 0) is 12.8 Å². The smallest absolute Gasteiger partial charge is 0.0126 e. The zero-order valence-corrected chi connectivity index (χ0v) is 20.3. The standard InChI is InChI=1S/C31H42/c1-18(2)19(3)26(14-22-12-13-22)29-27(17-28-30(29)31(28,6)7)21(5)20(4)25-15-23-10-8-9-11-24(23)16-25/h8-11,20,22,25-30H,1,3,5,12-17H2,2,4,6-7H3. The highest BCUT2D eigenvalue weighted by atomic mass is 14.7. The van der Waals surface area contributed by atoms with Crippen molar-refractivity contribution in [3.8, 4) is 0 Å². The van der Waals surface area contributed by atoms with Crippen LogP contribution in [0.1, 0.15) is 64.5 Å². The first-order valence-electron chi connectivity index (χ1n) is 12.8. The van der Waals surface area contributed by atoms with E-state index < -0.39 is 0 Å². The minimum absolute atomic E-state index is 0.505. The van der Waals surface area contributed by atoms with Gasteiger partial charge in [0.25, 0.3) is 0 Å². The summed E-state index contributed by atoms with van der Waals surface area (Å²) in [5, 5.41) is 0. The highest BCUT2D eigenvalue weighted by Gasteiger charge is 2.68. The SMILES string of the molecule is C=C(C)C(=C)C(CC1CC1)C1C(C(=C)C(C)C2Cc3ccccc3C2)CC2C1C2(C)C. The van der Waals surface area contributed by atoms with Crippen molar-refractivity contribution < 1.29 is 0 Å². The van der Waals surface area contributed by atoms with Crippen molar-refractivity contribution in [2.75, 3.05) is 0 Å². The molecule has 0 spiro atoms. The van der Waals surface area contributed by atoms with E-state index in [9.17, 15) is 0 Å². The quantitative estimate of drug-likeness (QED) is 0.298. The second-order valence-electron chi connectivity index (χ2n) is 12.3. The number of rotatable bonds is 8. The second kappa shape index (κ2) is 7.50. The molecule has 5 rings (SSSR count). The first-order valence-corrected chi connectivity index (χ1v) is 12.8. The van der Waals surface area contributed by atoms with Crippen molar-refractivity contribution in [1.82, 2.24) is 0 Å². The zero-order chi connectivity index (χ0) is 22.1. The molecule has 6 atom stereocenters. The van der Waals surface area contributed by atoms with Crippen LogP contribution in [0.5, 0.6) is 0 Å². The van der Waals surface area contributed by atoms with Gasteiger partial charge in [-0.05, 0) is 102 Å². The molecule has 1 aromatic rings. The van der Waals surface area contributed by atoms with Gasteiger partial charge in [0.1, 0.15) is 0 Å². The average Bonchev–Trinajstić information content (AvgIpc) is 3.50. The molecule has 0 amide bonds. The Morgan fingerprint density at radius 2 is 1.68 bits per heavy atom. The van der Waals surface area contributed by atoms with Crippen LogP contribution in [-0.4, -0.2) is 0 Å². The molecule has 0 N–H and O–H groups in total. The van der Waals surface area contributed by atoms with Gasteiger partial charge in [0, 0.05) is 0 Å². The van der Waals surface area contributed by atoms with Crippen LogP contribution >= 0.6 is 0 Å². The van der Waals surface area contributed by atoms with Gasteiger partial charge in [-0.15, -0.1) is 0 Å². The highest BCUT2D eigenvalue weighted by molar-refractivity contribution is 5.35. The summed E-state index contributed by atoms with van der Waals surface area (Å²) in [5.41, 5.74) is 7.75. The lowest BCUT2D eigenvalue weighted by atomic mass is 9.66. The Bertz CT molecular complexity index is 885. The molecular weight excluding hydrogens is 372 g/mol. The molecule has 0 radical (unpaired) electrons. The van der Waals surface area contributed by atoms with Crippen LogP contribution in [0.3, 0.4) is 0 Å². The maximum Gasteiger partial charge on any atom is -0.0126 e. The van der Waals surface area contributed by atoms with E-state index in [-0.39, 0.29) is 0 Å². The largest absolute Gasteiger partial charge is 0.0993 e. The van der Waals surface area contributed by atoms with E-state index in [4.69, 9.17) is 6.58 Å². The molecule has 31 heavy (non-hydrogen) atoms. The molecule has 3 fully saturated rings. The summed E-state index contributed by atoms with van der Waals surface area (Å²) in [5.74, 6) is 5.98. The zero-order valence-electron chi connectivity index (χ0n) is 20.3. The monoisotopic (exact) mass is 414 g/mol. The topological polar surface area (TPSA) is 0 Å². The number of hydrogen-bond donors (Lipinski definition) is 0. The first kappa shape index (κ1) is 21.3. The number of benzene rings is 1. The summed E-state index contributed by atoms with van der Waals surface area (Å²) in [4.78, 5) is 0. The van der Waals surface area contributed by atoms with Gasteiger partial charge in [0.2, 0.25) is 0 Å². The molecule has 3 saturated carbocycles. The lowest BCUT2D eigenvalue weighted by Crippen LogP contribution is -2.31. The Hall–Kier alpha value is -1.56. The van der Waals surface area contributed by atoms with Crippen molar-refractivity contribution in [3.05, 3.63) is 71.8 Å². The number of hydrogen-bond acceptors (Lipinski definition) is 0. The summed E-state index contributed by atoms with van der Waals surface area (Å²) in [7, 11) is 0. The third-order valence-corrected chi connectivity index (χ3v) is 10.1. The molecule has 0 heteroatoms. The van der Waals surface area contributed by atoms with Crippen molar-refractivity contribution >= 4 is 0 Å². The summed E-state index contributed by atoms with van der Waals surface area (Å²) in [6.07, 6.45) is 8.00. The molecule has 4 aliphatic rings. The Balaban J connectivity index is 1.39. The molecule has 4 aliphatic carbocycles. The highest BCUT2D eigenvalue weighted by Crippen LogP contribution is 2.74. The van der Waals surface area contributed by atoms with Crippen LogP contribution in [0.4, 0.5) is 0 Å². The first-order chi connectivity index (χ1) is 14.7. The third-order valence-electron chi connectivity index (χ3n) is 10.1. The molecule has 0 aliphatic heterocycles. The predicted octanol–water partition coefficient (Wildman–Crippen LogP) is 8.05. The summed E-state index contributed by atoms with van der Waals surface area (Å²) < 4.78 is 0. The van der Waals surface area contributed by atoms with E-state index in [0.717, 1.165) is 29.6 Å². The molecule has 0 nitrogen and oxygen atoms in total. The second-order valence-corrected chi connectivity index (χ2v) is 12.3. The van der Waals surface area contributed by atoms with Crippen molar-refractivity contribution in [2.45, 2.75) is 66.2 Å². The molecule has 0 aromatic heterocycles. The molecule has 6 unspecified atom stereocenters. The van der Waals surface area contributed by atoms with E-state index >= 15 is 0 Å².